The maximum absolute atomic E-state index is 11.8. The monoisotopic (exact) mass is 381 g/mol. The molecule has 148 valence electrons. The van der Waals surface area contributed by atoms with Crippen LogP contribution in [0.15, 0.2) is 42.0 Å². The van der Waals surface area contributed by atoms with Gasteiger partial charge in [-0.15, -0.1) is 0 Å². The highest BCUT2D eigenvalue weighted by molar-refractivity contribution is 5.81. The second kappa shape index (κ2) is 8.00. The van der Waals surface area contributed by atoms with Crippen LogP contribution in [-0.2, 0) is 11.3 Å². The van der Waals surface area contributed by atoms with Crippen molar-refractivity contribution in [3.05, 3.63) is 42.6 Å². The first-order chi connectivity index (χ1) is 13.7. The summed E-state index contributed by atoms with van der Waals surface area (Å²) < 4.78 is 1.91. The Morgan fingerprint density at radius 3 is 3.11 bits per heavy atom. The van der Waals surface area contributed by atoms with E-state index in [0.29, 0.717) is 13.0 Å². The van der Waals surface area contributed by atoms with E-state index in [1.165, 1.54) is 0 Å². The lowest BCUT2D eigenvalue weighted by atomic mass is 9.79. The van der Waals surface area contributed by atoms with Gasteiger partial charge in [0.15, 0.2) is 5.96 Å². The Labute approximate surface area is 165 Å². The predicted molar refractivity (Wildman–Crippen MR) is 107 cm³/mol. The van der Waals surface area contributed by atoms with Crippen LogP contribution in [-0.4, -0.2) is 57.5 Å². The molecule has 0 radical (unpaired) electrons. The van der Waals surface area contributed by atoms with Crippen LogP contribution in [0, 0.1) is 5.41 Å². The molecule has 28 heavy (non-hydrogen) atoms. The summed E-state index contributed by atoms with van der Waals surface area (Å²) in [5.41, 5.74) is 1.09. The van der Waals surface area contributed by atoms with E-state index in [4.69, 9.17) is 4.99 Å². The molecular formula is C20H27N7O. The van der Waals surface area contributed by atoms with Crippen molar-refractivity contribution in [2.45, 2.75) is 32.7 Å². The third-order valence-corrected chi connectivity index (χ3v) is 5.51. The van der Waals surface area contributed by atoms with E-state index in [1.807, 2.05) is 22.9 Å². The number of nitrogens with one attached hydrogen (secondary N) is 2. The molecule has 0 aliphatic carbocycles. The highest BCUT2D eigenvalue weighted by atomic mass is 16.1. The lowest BCUT2D eigenvalue weighted by Gasteiger charge is -2.40. The Bertz CT molecular complexity index is 848. The molecule has 8 nitrogen and oxygen atoms in total. The summed E-state index contributed by atoms with van der Waals surface area (Å²) in [6, 6.07) is 3.98. The topological polar surface area (TPSA) is 87.4 Å². The van der Waals surface area contributed by atoms with E-state index in [-0.39, 0.29) is 11.3 Å². The summed E-state index contributed by atoms with van der Waals surface area (Å²) in [6.45, 7) is 6.01. The van der Waals surface area contributed by atoms with Crippen LogP contribution >= 0.6 is 0 Å². The molecule has 2 fully saturated rings. The quantitative estimate of drug-likeness (QED) is 0.616. The molecule has 0 aromatic carbocycles. The molecule has 0 saturated carbocycles. The zero-order valence-corrected chi connectivity index (χ0v) is 16.3. The summed E-state index contributed by atoms with van der Waals surface area (Å²) in [5, 5.41) is 6.44. The molecule has 1 unspecified atom stereocenters. The Morgan fingerprint density at radius 1 is 1.43 bits per heavy atom. The first-order valence-corrected chi connectivity index (χ1v) is 9.91. The molecule has 2 N–H and O–H groups in total. The number of hydrogen-bond acceptors (Lipinski definition) is 4. The van der Waals surface area contributed by atoms with Crippen molar-refractivity contribution < 1.29 is 4.79 Å². The second-order valence-corrected chi connectivity index (χ2v) is 7.60. The molecule has 1 amide bonds. The van der Waals surface area contributed by atoms with Crippen molar-refractivity contribution in [3.63, 3.8) is 0 Å². The van der Waals surface area contributed by atoms with Crippen molar-refractivity contribution in [1.29, 1.82) is 0 Å². The largest absolute Gasteiger partial charge is 0.357 e. The van der Waals surface area contributed by atoms with Crippen LogP contribution in [0.5, 0.6) is 0 Å². The van der Waals surface area contributed by atoms with Crippen molar-refractivity contribution in [2.75, 3.05) is 26.2 Å². The van der Waals surface area contributed by atoms with Crippen LogP contribution in [0.2, 0.25) is 0 Å². The van der Waals surface area contributed by atoms with Crippen LogP contribution in [0.1, 0.15) is 31.7 Å². The maximum Gasteiger partial charge on any atom is 0.220 e. The van der Waals surface area contributed by atoms with E-state index < -0.39 is 0 Å². The first-order valence-electron chi connectivity index (χ1n) is 9.91. The van der Waals surface area contributed by atoms with Gasteiger partial charge in [0, 0.05) is 62.2 Å². The molecule has 2 saturated heterocycles. The number of nitrogens with zero attached hydrogens (tertiary/aromatic N) is 5. The molecular weight excluding hydrogens is 354 g/mol. The van der Waals surface area contributed by atoms with E-state index >= 15 is 0 Å². The number of likely N-dealkylation sites (tertiary alicyclic amines) is 1. The molecule has 2 aliphatic rings. The van der Waals surface area contributed by atoms with Crippen LogP contribution in [0.25, 0.3) is 5.82 Å². The van der Waals surface area contributed by atoms with E-state index in [9.17, 15) is 4.79 Å². The van der Waals surface area contributed by atoms with E-state index in [1.54, 1.807) is 18.7 Å². The third-order valence-electron chi connectivity index (χ3n) is 5.51. The van der Waals surface area contributed by atoms with E-state index in [2.05, 4.69) is 32.4 Å². The molecule has 1 atom stereocenters. The zero-order chi connectivity index (χ0) is 19.4. The number of imidazole rings is 1. The number of aromatic nitrogens is 3. The number of amides is 1. The average molecular weight is 381 g/mol. The van der Waals surface area contributed by atoms with Gasteiger partial charge in [-0.1, -0.05) is 6.07 Å². The number of hydrogen-bond donors (Lipinski definition) is 2. The fourth-order valence-electron chi connectivity index (χ4n) is 4.19. The standard InChI is InChI=1S/C20H27N7O/c1-2-22-19(26-9-4-6-20(14-26)11-17(28)25-13-20)24-12-16-5-3-7-23-18(16)27-10-8-21-15-27/h3,5,7-8,10,15H,2,4,6,9,11-14H2,1H3,(H,22,24)(H,25,28). The fraction of sp³-hybridized carbons (Fsp3) is 0.500. The van der Waals surface area contributed by atoms with E-state index in [0.717, 1.165) is 56.4 Å². The Kier molecular flexibility index (Phi) is 5.27. The zero-order valence-electron chi connectivity index (χ0n) is 16.3. The number of pyridine rings is 1. The van der Waals surface area contributed by atoms with Gasteiger partial charge in [-0.3, -0.25) is 9.36 Å². The molecule has 4 heterocycles. The van der Waals surface area contributed by atoms with Crippen LogP contribution in [0.3, 0.4) is 0 Å². The highest BCUT2D eigenvalue weighted by Crippen LogP contribution is 2.36. The first kappa shape index (κ1) is 18.5. The number of rotatable bonds is 4. The van der Waals surface area contributed by atoms with Gasteiger partial charge < -0.3 is 15.5 Å². The van der Waals surface area contributed by atoms with Crippen LogP contribution < -0.4 is 10.6 Å². The minimum Gasteiger partial charge on any atom is -0.357 e. The van der Waals surface area contributed by atoms with Gasteiger partial charge in [0.05, 0.1) is 6.54 Å². The Balaban J connectivity index is 1.54. The highest BCUT2D eigenvalue weighted by Gasteiger charge is 2.42. The summed E-state index contributed by atoms with van der Waals surface area (Å²) in [4.78, 5) is 27.6. The molecule has 2 aromatic heterocycles. The lowest BCUT2D eigenvalue weighted by Crippen LogP contribution is -2.51. The van der Waals surface area contributed by atoms with Crippen molar-refractivity contribution in [2.24, 2.45) is 10.4 Å². The second-order valence-electron chi connectivity index (χ2n) is 7.60. The predicted octanol–water partition coefficient (Wildman–Crippen LogP) is 1.33. The molecule has 1 spiro atoms. The number of aliphatic imine (C=N–C) groups is 1. The van der Waals surface area contributed by atoms with Gasteiger partial charge in [0.25, 0.3) is 0 Å². The SMILES string of the molecule is CCNC(=NCc1cccnc1-n1ccnc1)N1CCCC2(CNC(=O)C2)C1. The van der Waals surface area contributed by atoms with Gasteiger partial charge in [-0.2, -0.15) is 0 Å². The normalized spacial score (nSPS) is 22.5. The van der Waals surface area contributed by atoms with Crippen molar-refractivity contribution >= 4 is 11.9 Å². The number of piperidine rings is 1. The molecule has 0 bridgehead atoms. The maximum atomic E-state index is 11.8. The third kappa shape index (κ3) is 3.85. The molecule has 4 rings (SSSR count). The van der Waals surface area contributed by atoms with Crippen LogP contribution in [0.4, 0.5) is 0 Å². The minimum absolute atomic E-state index is 0.0434. The summed E-state index contributed by atoms with van der Waals surface area (Å²) in [6.07, 6.45) is 9.96. The Hall–Kier alpha value is -2.90. The molecule has 8 heteroatoms. The number of carbonyl (C=O) groups is 1. The molecule has 2 aromatic rings. The van der Waals surface area contributed by atoms with Gasteiger partial charge in [-0.05, 0) is 25.8 Å². The fourth-order valence-corrected chi connectivity index (χ4v) is 4.19. The number of guanidine groups is 1. The van der Waals surface area contributed by atoms with Gasteiger partial charge in [-0.25, -0.2) is 15.0 Å². The lowest BCUT2D eigenvalue weighted by molar-refractivity contribution is -0.119. The molecule has 2 aliphatic heterocycles. The summed E-state index contributed by atoms with van der Waals surface area (Å²) in [7, 11) is 0. The smallest absolute Gasteiger partial charge is 0.220 e. The Morgan fingerprint density at radius 2 is 2.36 bits per heavy atom. The van der Waals surface area contributed by atoms with Gasteiger partial charge in [0.1, 0.15) is 12.1 Å². The average Bonchev–Trinajstić information content (AvgIpc) is 3.36. The minimum atomic E-state index is 0.0434. The number of carbonyl (C=O) groups excluding carboxylic acids is 1. The summed E-state index contributed by atoms with van der Waals surface area (Å²) in [5.74, 6) is 1.92. The summed E-state index contributed by atoms with van der Waals surface area (Å²) >= 11 is 0. The van der Waals surface area contributed by atoms with Gasteiger partial charge in [0.2, 0.25) is 5.91 Å². The van der Waals surface area contributed by atoms with Crippen molar-refractivity contribution in [1.82, 2.24) is 30.1 Å². The van der Waals surface area contributed by atoms with Gasteiger partial charge >= 0.3 is 0 Å². The van der Waals surface area contributed by atoms with Crippen molar-refractivity contribution in [3.8, 4) is 5.82 Å².